The molecule has 0 aliphatic rings. The highest BCUT2D eigenvalue weighted by molar-refractivity contribution is 9.10. The van der Waals surface area contributed by atoms with E-state index >= 15 is 0 Å². The van der Waals surface area contributed by atoms with Gasteiger partial charge in [-0.15, -0.1) is 0 Å². The number of alkyl halides is 3. The van der Waals surface area contributed by atoms with Crippen LogP contribution in [0.15, 0.2) is 27.7 Å². The summed E-state index contributed by atoms with van der Waals surface area (Å²) < 4.78 is 74.4. The molecule has 1 aromatic carbocycles. The first-order chi connectivity index (χ1) is 13.7. The van der Waals surface area contributed by atoms with Gasteiger partial charge in [0.05, 0.1) is 29.4 Å². The molecule has 2 rings (SSSR count). The van der Waals surface area contributed by atoms with E-state index in [1.54, 1.807) is 6.92 Å². The van der Waals surface area contributed by atoms with Crippen molar-refractivity contribution >= 4 is 37.6 Å². The van der Waals surface area contributed by atoms with Gasteiger partial charge in [0.2, 0.25) is 21.9 Å². The molecule has 0 radical (unpaired) electrons. The van der Waals surface area contributed by atoms with Crippen LogP contribution in [0.4, 0.5) is 24.8 Å². The number of benzene rings is 1. The van der Waals surface area contributed by atoms with E-state index in [0.717, 1.165) is 13.2 Å². The molecule has 166 valence electrons. The van der Waals surface area contributed by atoms with Crippen molar-refractivity contribution in [3.05, 3.63) is 28.4 Å². The topological polar surface area (TPSA) is 137 Å². The summed E-state index contributed by atoms with van der Waals surface area (Å²) >= 11 is 3.18. The van der Waals surface area contributed by atoms with Gasteiger partial charge in [0.25, 0.3) is 0 Å². The lowest BCUT2D eigenvalue weighted by atomic mass is 10.1. The van der Waals surface area contributed by atoms with Gasteiger partial charge in [0.15, 0.2) is 0 Å². The first kappa shape index (κ1) is 24.1. The quantitative estimate of drug-likeness (QED) is 0.512. The number of anilines is 2. The number of primary sulfonamides is 1. The number of aliphatic hydroxyl groups is 1. The first-order valence-corrected chi connectivity index (χ1v) is 10.5. The van der Waals surface area contributed by atoms with Crippen molar-refractivity contribution in [3.8, 4) is 11.6 Å². The van der Waals surface area contributed by atoms with Gasteiger partial charge in [-0.25, -0.2) is 18.5 Å². The molecule has 2 atom stereocenters. The molecule has 0 saturated carbocycles. The van der Waals surface area contributed by atoms with Crippen molar-refractivity contribution in [1.82, 2.24) is 9.97 Å². The number of methoxy groups -OCH3 is 1. The predicted octanol–water partition coefficient (Wildman–Crippen LogP) is 2.81. The molecule has 0 aliphatic carbocycles. The second-order valence-electron chi connectivity index (χ2n) is 6.13. The SMILES string of the molecule is COc1cc(Nc2ncc(Br)c(O[C@H](C)[C@@H](C)O)n2)cc(C(F)(F)F)c1S(N)(=O)=O. The maximum Gasteiger partial charge on any atom is 0.417 e. The molecule has 0 amide bonds. The van der Waals surface area contributed by atoms with Crippen LogP contribution in [0.3, 0.4) is 0 Å². The molecule has 0 unspecified atom stereocenters. The van der Waals surface area contributed by atoms with E-state index < -0.39 is 44.6 Å². The Morgan fingerprint density at radius 2 is 1.93 bits per heavy atom. The first-order valence-electron chi connectivity index (χ1n) is 8.20. The molecule has 1 heterocycles. The van der Waals surface area contributed by atoms with Gasteiger partial charge in [0, 0.05) is 11.8 Å². The molecule has 0 saturated heterocycles. The summed E-state index contributed by atoms with van der Waals surface area (Å²) in [6.45, 7) is 3.11. The van der Waals surface area contributed by atoms with Crippen LogP contribution >= 0.6 is 15.9 Å². The minimum absolute atomic E-state index is 0.0325. The molecule has 4 N–H and O–H groups in total. The summed E-state index contributed by atoms with van der Waals surface area (Å²) in [6.07, 6.45) is -5.18. The monoisotopic (exact) mass is 514 g/mol. The van der Waals surface area contributed by atoms with Gasteiger partial charge in [-0.2, -0.15) is 18.2 Å². The highest BCUT2D eigenvalue weighted by atomic mass is 79.9. The number of nitrogens with zero attached hydrogens (tertiary/aromatic N) is 2. The summed E-state index contributed by atoms with van der Waals surface area (Å²) in [5, 5.41) is 17.0. The Labute approximate surface area is 178 Å². The van der Waals surface area contributed by atoms with Crippen molar-refractivity contribution in [1.29, 1.82) is 0 Å². The lowest BCUT2D eigenvalue weighted by Crippen LogP contribution is -2.26. The highest BCUT2D eigenvalue weighted by Crippen LogP contribution is 2.41. The molecule has 1 aromatic heterocycles. The number of aliphatic hydroxyl groups excluding tert-OH is 1. The Bertz CT molecular complexity index is 1030. The van der Waals surface area contributed by atoms with Gasteiger partial charge in [-0.1, -0.05) is 0 Å². The fourth-order valence-electron chi connectivity index (χ4n) is 2.23. The van der Waals surface area contributed by atoms with Crippen LogP contribution in [0, 0.1) is 0 Å². The largest absolute Gasteiger partial charge is 0.495 e. The smallest absolute Gasteiger partial charge is 0.417 e. The molecule has 0 spiro atoms. The maximum absolute atomic E-state index is 13.5. The van der Waals surface area contributed by atoms with E-state index in [1.165, 1.54) is 13.1 Å². The Balaban J connectivity index is 2.51. The van der Waals surface area contributed by atoms with Crippen molar-refractivity contribution < 1.29 is 36.2 Å². The van der Waals surface area contributed by atoms with Crippen molar-refractivity contribution in [2.24, 2.45) is 5.14 Å². The Kier molecular flexibility index (Phi) is 7.16. The van der Waals surface area contributed by atoms with E-state index in [1.807, 2.05) is 0 Å². The molecule has 0 bridgehead atoms. The molecule has 2 aromatic rings. The number of nitrogens with two attached hydrogens (primary N) is 1. The summed E-state index contributed by atoms with van der Waals surface area (Å²) in [5.41, 5.74) is -1.72. The fraction of sp³-hybridized carbons (Fsp3) is 0.375. The third-order valence-corrected chi connectivity index (χ3v) is 5.34. The lowest BCUT2D eigenvalue weighted by Gasteiger charge is -2.18. The number of nitrogens with one attached hydrogen (secondary N) is 1. The van der Waals surface area contributed by atoms with E-state index in [4.69, 9.17) is 14.6 Å². The van der Waals surface area contributed by atoms with Gasteiger partial charge in [0.1, 0.15) is 16.7 Å². The predicted molar refractivity (Wildman–Crippen MR) is 104 cm³/mol. The Hall–Kier alpha value is -2.16. The van der Waals surface area contributed by atoms with E-state index in [2.05, 4.69) is 31.2 Å². The van der Waals surface area contributed by atoms with Crippen LogP contribution in [-0.4, -0.2) is 42.8 Å². The molecular weight excluding hydrogens is 497 g/mol. The van der Waals surface area contributed by atoms with Crippen molar-refractivity contribution in [3.63, 3.8) is 0 Å². The molecule has 14 heteroatoms. The Morgan fingerprint density at radius 3 is 2.43 bits per heavy atom. The average Bonchev–Trinajstić information content (AvgIpc) is 2.61. The van der Waals surface area contributed by atoms with Gasteiger partial charge >= 0.3 is 6.18 Å². The number of ether oxygens (including phenoxy) is 2. The minimum Gasteiger partial charge on any atom is -0.495 e. The summed E-state index contributed by atoms with van der Waals surface area (Å²) in [7, 11) is -3.73. The van der Waals surface area contributed by atoms with Crippen molar-refractivity contribution in [2.75, 3.05) is 12.4 Å². The second-order valence-corrected chi connectivity index (χ2v) is 8.49. The van der Waals surface area contributed by atoms with Gasteiger partial charge in [-0.05, 0) is 35.8 Å². The Morgan fingerprint density at radius 1 is 1.30 bits per heavy atom. The molecule has 0 aliphatic heterocycles. The summed E-state index contributed by atoms with van der Waals surface area (Å²) in [6, 6.07) is 1.56. The fourth-order valence-corrected chi connectivity index (χ4v) is 3.42. The zero-order valence-corrected chi connectivity index (χ0v) is 18.3. The number of hydrogen-bond acceptors (Lipinski definition) is 8. The lowest BCUT2D eigenvalue weighted by molar-refractivity contribution is -0.140. The number of aromatic nitrogens is 2. The molecule has 30 heavy (non-hydrogen) atoms. The number of hydrogen-bond donors (Lipinski definition) is 3. The number of sulfonamides is 1. The van der Waals surface area contributed by atoms with E-state index in [0.29, 0.717) is 10.5 Å². The van der Waals surface area contributed by atoms with Crippen LogP contribution in [0.1, 0.15) is 19.4 Å². The van der Waals surface area contributed by atoms with Crippen LogP contribution in [0.2, 0.25) is 0 Å². The maximum atomic E-state index is 13.5. The summed E-state index contributed by atoms with van der Waals surface area (Å²) in [5.74, 6) is -0.722. The zero-order valence-electron chi connectivity index (χ0n) is 15.9. The summed E-state index contributed by atoms with van der Waals surface area (Å²) in [4.78, 5) is 6.78. The van der Waals surface area contributed by atoms with E-state index in [-0.39, 0.29) is 17.5 Å². The third kappa shape index (κ3) is 5.71. The van der Waals surface area contributed by atoms with Crippen molar-refractivity contribution in [2.45, 2.75) is 37.1 Å². The van der Waals surface area contributed by atoms with E-state index in [9.17, 15) is 26.7 Å². The van der Waals surface area contributed by atoms with Crippen LogP contribution in [0.5, 0.6) is 11.6 Å². The number of halogens is 4. The molecule has 9 nitrogen and oxygen atoms in total. The second kappa shape index (κ2) is 8.91. The normalized spacial score (nSPS) is 14.2. The average molecular weight is 515 g/mol. The molecule has 0 fully saturated rings. The van der Waals surface area contributed by atoms with Gasteiger partial charge < -0.3 is 19.9 Å². The minimum atomic E-state index is -5.03. The van der Waals surface area contributed by atoms with Crippen LogP contribution in [-0.2, 0) is 16.2 Å². The van der Waals surface area contributed by atoms with Gasteiger partial charge in [-0.3, -0.25) is 0 Å². The third-order valence-electron chi connectivity index (χ3n) is 3.81. The highest BCUT2D eigenvalue weighted by Gasteiger charge is 2.39. The molecular formula is C16H18BrF3N4O5S. The number of rotatable bonds is 7. The van der Waals surface area contributed by atoms with Crippen LogP contribution < -0.4 is 19.9 Å². The zero-order chi connectivity index (χ0) is 22.9. The standard InChI is InChI=1S/C16H18BrF3N4O5S/c1-7(25)8(2)29-14-11(17)6-22-15(24-14)23-9-4-10(16(18,19)20)13(30(21,26)27)12(5-9)28-3/h4-8,25H,1-3H3,(H2,21,26,27)(H,22,23,24)/t7-,8-/m1/s1. The van der Waals surface area contributed by atoms with Crippen LogP contribution in [0.25, 0.3) is 0 Å².